The van der Waals surface area contributed by atoms with E-state index in [0.29, 0.717) is 27.4 Å². The lowest BCUT2D eigenvalue weighted by molar-refractivity contribution is -0.131. The third-order valence-electron chi connectivity index (χ3n) is 4.57. The lowest BCUT2D eigenvalue weighted by Gasteiger charge is -2.11. The number of halogens is 3. The molecule has 0 heterocycles. The Hall–Kier alpha value is -3.23. The molecule has 170 valence electrons. The third kappa shape index (κ3) is 7.13. The molecule has 0 bridgehead atoms. The standard InChI is InChI=1S/C24H20BrClFN3O3/c1-15(23(31)29-21-5-3-2-4-20(21)27)24(32)30-28-13-17-8-11-22(19(25)12-17)33-14-16-6-9-18(26)10-7-16/h2-13,15H,14H2,1H3,(H,29,31)(H,30,32). The van der Waals surface area contributed by atoms with E-state index in [-0.39, 0.29) is 5.69 Å². The molecule has 0 fully saturated rings. The van der Waals surface area contributed by atoms with Crippen LogP contribution in [0.4, 0.5) is 10.1 Å². The van der Waals surface area contributed by atoms with Gasteiger partial charge in [0.2, 0.25) is 5.91 Å². The molecule has 1 atom stereocenters. The van der Waals surface area contributed by atoms with Gasteiger partial charge in [0.05, 0.1) is 16.4 Å². The molecule has 0 saturated heterocycles. The largest absolute Gasteiger partial charge is 0.488 e. The Bertz CT molecular complexity index is 1170. The SMILES string of the molecule is CC(C(=O)NN=Cc1ccc(OCc2ccc(Cl)cc2)c(Br)c1)C(=O)Nc1ccccc1F. The first-order valence-corrected chi connectivity index (χ1v) is 11.1. The normalized spacial score (nSPS) is 11.8. The average molecular weight is 533 g/mol. The first-order chi connectivity index (χ1) is 15.8. The van der Waals surface area contributed by atoms with Crippen LogP contribution >= 0.6 is 27.5 Å². The first kappa shape index (κ1) is 24.4. The number of rotatable bonds is 8. The van der Waals surface area contributed by atoms with Gasteiger partial charge >= 0.3 is 0 Å². The predicted molar refractivity (Wildman–Crippen MR) is 130 cm³/mol. The zero-order chi connectivity index (χ0) is 23.8. The third-order valence-corrected chi connectivity index (χ3v) is 5.44. The fraction of sp³-hybridized carbons (Fsp3) is 0.125. The van der Waals surface area contributed by atoms with Crippen LogP contribution in [0.5, 0.6) is 5.75 Å². The minimum Gasteiger partial charge on any atom is -0.488 e. The molecule has 0 radical (unpaired) electrons. The highest BCUT2D eigenvalue weighted by molar-refractivity contribution is 9.10. The zero-order valence-corrected chi connectivity index (χ0v) is 19.9. The molecular weight excluding hydrogens is 513 g/mol. The van der Waals surface area contributed by atoms with Crippen molar-refractivity contribution in [1.29, 1.82) is 0 Å². The van der Waals surface area contributed by atoms with Crippen molar-refractivity contribution in [3.05, 3.63) is 93.2 Å². The van der Waals surface area contributed by atoms with E-state index in [9.17, 15) is 14.0 Å². The van der Waals surface area contributed by atoms with Crippen molar-refractivity contribution in [2.24, 2.45) is 11.0 Å². The summed E-state index contributed by atoms with van der Waals surface area (Å²) in [5.74, 6) is -2.27. The Labute approximate surface area is 203 Å². The summed E-state index contributed by atoms with van der Waals surface area (Å²) in [6.07, 6.45) is 1.44. The van der Waals surface area contributed by atoms with Gasteiger partial charge < -0.3 is 10.1 Å². The molecule has 3 aromatic rings. The van der Waals surface area contributed by atoms with Gasteiger partial charge in [0, 0.05) is 5.02 Å². The van der Waals surface area contributed by atoms with E-state index in [1.54, 1.807) is 36.4 Å². The molecule has 3 aromatic carbocycles. The number of hydrogen-bond acceptors (Lipinski definition) is 4. The van der Waals surface area contributed by atoms with Crippen LogP contribution in [0.1, 0.15) is 18.1 Å². The van der Waals surface area contributed by atoms with Crippen molar-refractivity contribution in [3.8, 4) is 5.75 Å². The van der Waals surface area contributed by atoms with Crippen LogP contribution in [-0.2, 0) is 16.2 Å². The lowest BCUT2D eigenvalue weighted by atomic mass is 10.1. The number of anilines is 1. The van der Waals surface area contributed by atoms with Gasteiger partial charge in [-0.15, -0.1) is 0 Å². The summed E-state index contributed by atoms with van der Waals surface area (Å²) < 4.78 is 20.2. The Morgan fingerprint density at radius 1 is 1.12 bits per heavy atom. The van der Waals surface area contributed by atoms with E-state index in [1.165, 1.54) is 31.3 Å². The van der Waals surface area contributed by atoms with Crippen molar-refractivity contribution in [2.45, 2.75) is 13.5 Å². The smallest absolute Gasteiger partial charge is 0.252 e. The van der Waals surface area contributed by atoms with Crippen LogP contribution in [0.2, 0.25) is 5.02 Å². The molecular formula is C24H20BrClFN3O3. The summed E-state index contributed by atoms with van der Waals surface area (Å²) in [6.45, 7) is 1.79. The maximum absolute atomic E-state index is 13.7. The second kappa shape index (κ2) is 11.6. The van der Waals surface area contributed by atoms with Crippen molar-refractivity contribution in [2.75, 3.05) is 5.32 Å². The molecule has 3 rings (SSSR count). The van der Waals surface area contributed by atoms with Crippen LogP contribution < -0.4 is 15.5 Å². The number of hydrogen-bond donors (Lipinski definition) is 2. The van der Waals surface area contributed by atoms with Crippen LogP contribution in [0, 0.1) is 11.7 Å². The molecule has 2 amide bonds. The van der Waals surface area contributed by atoms with Gasteiger partial charge in [-0.05, 0) is 76.4 Å². The van der Waals surface area contributed by atoms with Gasteiger partial charge in [0.25, 0.3) is 5.91 Å². The number of nitrogens with one attached hydrogen (secondary N) is 2. The van der Waals surface area contributed by atoms with E-state index in [2.05, 4.69) is 31.8 Å². The highest BCUT2D eigenvalue weighted by atomic mass is 79.9. The van der Waals surface area contributed by atoms with Gasteiger partial charge in [-0.3, -0.25) is 9.59 Å². The Morgan fingerprint density at radius 2 is 1.85 bits per heavy atom. The molecule has 33 heavy (non-hydrogen) atoms. The molecule has 0 aliphatic heterocycles. The topological polar surface area (TPSA) is 79.8 Å². The monoisotopic (exact) mass is 531 g/mol. The highest BCUT2D eigenvalue weighted by Crippen LogP contribution is 2.26. The first-order valence-electron chi connectivity index (χ1n) is 9.88. The van der Waals surface area contributed by atoms with E-state index in [4.69, 9.17) is 16.3 Å². The van der Waals surface area contributed by atoms with Crippen molar-refractivity contribution in [3.63, 3.8) is 0 Å². The second-order valence-electron chi connectivity index (χ2n) is 7.03. The van der Waals surface area contributed by atoms with Crippen molar-refractivity contribution >= 4 is 51.2 Å². The summed E-state index contributed by atoms with van der Waals surface area (Å²) in [5.41, 5.74) is 4.00. The summed E-state index contributed by atoms with van der Waals surface area (Å²) in [4.78, 5) is 24.4. The summed E-state index contributed by atoms with van der Waals surface area (Å²) in [5, 5.41) is 6.94. The van der Waals surface area contributed by atoms with Crippen LogP contribution in [-0.4, -0.2) is 18.0 Å². The molecule has 9 heteroatoms. The van der Waals surface area contributed by atoms with E-state index in [1.807, 2.05) is 12.1 Å². The maximum Gasteiger partial charge on any atom is 0.252 e. The Morgan fingerprint density at radius 3 is 2.55 bits per heavy atom. The summed E-state index contributed by atoms with van der Waals surface area (Å²) in [7, 11) is 0. The molecule has 1 unspecified atom stereocenters. The lowest BCUT2D eigenvalue weighted by Crippen LogP contribution is -2.34. The molecule has 0 spiro atoms. The fourth-order valence-electron chi connectivity index (χ4n) is 2.65. The van der Waals surface area contributed by atoms with Crippen LogP contribution in [0.3, 0.4) is 0 Å². The summed E-state index contributed by atoms with van der Waals surface area (Å²) in [6, 6.07) is 18.4. The van der Waals surface area contributed by atoms with Gasteiger partial charge in [-0.25, -0.2) is 9.82 Å². The van der Waals surface area contributed by atoms with Crippen LogP contribution in [0.25, 0.3) is 0 Å². The van der Waals surface area contributed by atoms with Gasteiger partial charge in [-0.2, -0.15) is 5.10 Å². The average Bonchev–Trinajstić information content (AvgIpc) is 2.80. The number of carbonyl (C=O) groups excluding carboxylic acids is 2. The number of benzene rings is 3. The Balaban J connectivity index is 1.52. The van der Waals surface area contributed by atoms with Gasteiger partial charge in [0.1, 0.15) is 24.1 Å². The van der Waals surface area contributed by atoms with E-state index < -0.39 is 23.5 Å². The Kier molecular flexibility index (Phi) is 8.57. The number of amides is 2. The highest BCUT2D eigenvalue weighted by Gasteiger charge is 2.22. The second-order valence-corrected chi connectivity index (χ2v) is 8.32. The number of hydrazone groups is 1. The molecule has 0 aromatic heterocycles. The molecule has 2 N–H and O–H groups in total. The van der Waals surface area contributed by atoms with Crippen molar-refractivity contribution in [1.82, 2.24) is 5.43 Å². The molecule has 0 aliphatic rings. The number of carbonyl (C=O) groups is 2. The van der Waals surface area contributed by atoms with Crippen LogP contribution in [0.15, 0.2) is 76.3 Å². The maximum atomic E-state index is 13.7. The predicted octanol–water partition coefficient (Wildman–Crippen LogP) is 5.55. The van der Waals surface area contributed by atoms with E-state index >= 15 is 0 Å². The zero-order valence-electron chi connectivity index (χ0n) is 17.5. The van der Waals surface area contributed by atoms with Gasteiger partial charge in [0.15, 0.2) is 0 Å². The minimum atomic E-state index is -1.07. The van der Waals surface area contributed by atoms with Crippen molar-refractivity contribution < 1.29 is 18.7 Å². The fourth-order valence-corrected chi connectivity index (χ4v) is 3.28. The summed E-state index contributed by atoms with van der Waals surface area (Å²) >= 11 is 9.34. The molecule has 6 nitrogen and oxygen atoms in total. The number of ether oxygens (including phenoxy) is 1. The minimum absolute atomic E-state index is 0.00822. The van der Waals surface area contributed by atoms with Gasteiger partial charge in [-0.1, -0.05) is 35.9 Å². The molecule has 0 saturated carbocycles. The number of nitrogens with zero attached hydrogens (tertiary/aromatic N) is 1. The molecule has 0 aliphatic carbocycles. The quantitative estimate of drug-likeness (QED) is 0.227. The number of para-hydroxylation sites is 1. The van der Waals surface area contributed by atoms with E-state index in [0.717, 1.165) is 5.56 Å².